The first-order valence-corrected chi connectivity index (χ1v) is 4.78. The Bertz CT molecular complexity index is 279. The molecule has 2 nitrogen and oxygen atoms in total. The summed E-state index contributed by atoms with van der Waals surface area (Å²) in [5.74, 6) is 0.613. The Labute approximate surface area is 80.2 Å². The van der Waals surface area contributed by atoms with Crippen LogP contribution in [-0.4, -0.2) is 4.98 Å². The first-order valence-electron chi connectivity index (χ1n) is 4.78. The first-order chi connectivity index (χ1) is 6.06. The summed E-state index contributed by atoms with van der Waals surface area (Å²) >= 11 is 0. The van der Waals surface area contributed by atoms with Crippen LogP contribution in [0.3, 0.4) is 0 Å². The molecule has 0 spiro atoms. The molecule has 72 valence electrons. The van der Waals surface area contributed by atoms with Crippen LogP contribution in [-0.2, 0) is 5.41 Å². The highest BCUT2D eigenvalue weighted by Gasteiger charge is 2.19. The van der Waals surface area contributed by atoms with Gasteiger partial charge in [0.2, 0.25) is 0 Å². The fourth-order valence-corrected chi connectivity index (χ4v) is 1.64. The second-order valence-corrected chi connectivity index (χ2v) is 4.10. The zero-order chi connectivity index (χ0) is 9.90. The largest absolute Gasteiger partial charge is 0.384 e. The van der Waals surface area contributed by atoms with E-state index in [1.165, 1.54) is 18.4 Å². The highest BCUT2D eigenvalue weighted by molar-refractivity contribution is 5.35. The van der Waals surface area contributed by atoms with Crippen molar-refractivity contribution in [2.45, 2.75) is 39.0 Å². The van der Waals surface area contributed by atoms with Crippen molar-refractivity contribution in [2.75, 3.05) is 5.73 Å². The van der Waals surface area contributed by atoms with Crippen molar-refractivity contribution >= 4 is 5.82 Å². The normalized spacial score (nSPS) is 11.6. The summed E-state index contributed by atoms with van der Waals surface area (Å²) in [5, 5.41) is 0. The van der Waals surface area contributed by atoms with Crippen molar-refractivity contribution in [3.63, 3.8) is 0 Å². The Morgan fingerprint density at radius 2 is 2.15 bits per heavy atom. The number of pyridine rings is 1. The van der Waals surface area contributed by atoms with Crippen molar-refractivity contribution in [1.29, 1.82) is 0 Å². The van der Waals surface area contributed by atoms with Gasteiger partial charge in [0.25, 0.3) is 0 Å². The Balaban J connectivity index is 2.93. The maximum atomic E-state index is 5.64. The van der Waals surface area contributed by atoms with Gasteiger partial charge in [0.15, 0.2) is 0 Å². The van der Waals surface area contributed by atoms with E-state index in [1.54, 1.807) is 6.20 Å². The van der Waals surface area contributed by atoms with Crippen LogP contribution in [0.25, 0.3) is 0 Å². The van der Waals surface area contributed by atoms with E-state index in [2.05, 4.69) is 25.8 Å². The molecule has 0 aliphatic rings. The summed E-state index contributed by atoms with van der Waals surface area (Å²) < 4.78 is 0. The number of nitrogens with zero attached hydrogens (tertiary/aromatic N) is 1. The molecule has 0 saturated heterocycles. The zero-order valence-corrected chi connectivity index (χ0v) is 8.67. The topological polar surface area (TPSA) is 38.9 Å². The molecule has 0 aliphatic heterocycles. The Hall–Kier alpha value is -1.05. The highest BCUT2D eigenvalue weighted by Crippen LogP contribution is 2.28. The number of aromatic nitrogens is 1. The predicted octanol–water partition coefficient (Wildman–Crippen LogP) is 2.74. The van der Waals surface area contributed by atoms with Gasteiger partial charge >= 0.3 is 0 Å². The lowest BCUT2D eigenvalue weighted by Gasteiger charge is -2.24. The molecule has 0 atom stereocenters. The fraction of sp³-hybridized carbons (Fsp3) is 0.545. The van der Waals surface area contributed by atoms with E-state index in [-0.39, 0.29) is 5.41 Å². The summed E-state index contributed by atoms with van der Waals surface area (Å²) in [6, 6.07) is 4.02. The monoisotopic (exact) mass is 178 g/mol. The second-order valence-electron chi connectivity index (χ2n) is 4.10. The van der Waals surface area contributed by atoms with Crippen molar-refractivity contribution < 1.29 is 0 Å². The van der Waals surface area contributed by atoms with E-state index in [0.29, 0.717) is 5.82 Å². The number of nitrogen functional groups attached to an aromatic ring is 1. The highest BCUT2D eigenvalue weighted by atomic mass is 14.8. The van der Waals surface area contributed by atoms with Gasteiger partial charge in [-0.1, -0.05) is 27.2 Å². The molecule has 0 bridgehead atoms. The van der Waals surface area contributed by atoms with Crippen LogP contribution >= 0.6 is 0 Å². The molecule has 1 rings (SSSR count). The van der Waals surface area contributed by atoms with Crippen molar-refractivity contribution in [1.82, 2.24) is 4.98 Å². The third kappa shape index (κ3) is 2.44. The number of nitrogens with two attached hydrogens (primary N) is 1. The van der Waals surface area contributed by atoms with Crippen LogP contribution in [0.15, 0.2) is 18.3 Å². The molecule has 0 unspecified atom stereocenters. The van der Waals surface area contributed by atoms with E-state index in [4.69, 9.17) is 5.73 Å². The van der Waals surface area contributed by atoms with Gasteiger partial charge in [-0.25, -0.2) is 4.98 Å². The van der Waals surface area contributed by atoms with E-state index in [0.717, 1.165) is 0 Å². The zero-order valence-electron chi connectivity index (χ0n) is 8.67. The fourth-order valence-electron chi connectivity index (χ4n) is 1.64. The van der Waals surface area contributed by atoms with E-state index in [9.17, 15) is 0 Å². The van der Waals surface area contributed by atoms with Crippen LogP contribution in [0.1, 0.15) is 39.2 Å². The SMILES string of the molecule is CCCC(C)(C)c1ccnc(N)c1. The van der Waals surface area contributed by atoms with Crippen LogP contribution in [0.5, 0.6) is 0 Å². The number of hydrogen-bond donors (Lipinski definition) is 1. The maximum Gasteiger partial charge on any atom is 0.123 e. The molecule has 0 amide bonds. The molecule has 0 saturated carbocycles. The maximum absolute atomic E-state index is 5.64. The molecule has 13 heavy (non-hydrogen) atoms. The minimum atomic E-state index is 0.214. The average Bonchev–Trinajstić information content (AvgIpc) is 2.04. The van der Waals surface area contributed by atoms with Crippen molar-refractivity contribution in [3.05, 3.63) is 23.9 Å². The van der Waals surface area contributed by atoms with Crippen LogP contribution < -0.4 is 5.73 Å². The van der Waals surface area contributed by atoms with Gasteiger partial charge in [-0.3, -0.25) is 0 Å². The van der Waals surface area contributed by atoms with Crippen LogP contribution in [0.4, 0.5) is 5.82 Å². The molecule has 1 aromatic rings. The van der Waals surface area contributed by atoms with Gasteiger partial charge in [0.05, 0.1) is 0 Å². The minimum Gasteiger partial charge on any atom is -0.384 e. The molecule has 1 aromatic heterocycles. The number of rotatable bonds is 3. The van der Waals surface area contributed by atoms with Gasteiger partial charge in [-0.2, -0.15) is 0 Å². The molecular weight excluding hydrogens is 160 g/mol. The van der Waals surface area contributed by atoms with E-state index < -0.39 is 0 Å². The summed E-state index contributed by atoms with van der Waals surface area (Å²) in [6.07, 6.45) is 4.15. The minimum absolute atomic E-state index is 0.214. The second kappa shape index (κ2) is 3.77. The summed E-state index contributed by atoms with van der Waals surface area (Å²) in [7, 11) is 0. The summed E-state index contributed by atoms with van der Waals surface area (Å²) in [4.78, 5) is 3.99. The van der Waals surface area contributed by atoms with Gasteiger partial charge in [-0.05, 0) is 29.5 Å². The molecule has 1 heterocycles. The average molecular weight is 178 g/mol. The third-order valence-corrected chi connectivity index (χ3v) is 2.44. The molecule has 2 heteroatoms. The number of hydrogen-bond acceptors (Lipinski definition) is 2. The molecule has 2 N–H and O–H groups in total. The van der Waals surface area contributed by atoms with Gasteiger partial charge in [0.1, 0.15) is 5.82 Å². The van der Waals surface area contributed by atoms with Gasteiger partial charge in [0, 0.05) is 6.20 Å². The Morgan fingerprint density at radius 3 is 2.69 bits per heavy atom. The lowest BCUT2D eigenvalue weighted by atomic mass is 9.81. The van der Waals surface area contributed by atoms with Crippen LogP contribution in [0.2, 0.25) is 0 Å². The van der Waals surface area contributed by atoms with Gasteiger partial charge in [-0.15, -0.1) is 0 Å². The smallest absolute Gasteiger partial charge is 0.123 e. The quantitative estimate of drug-likeness (QED) is 0.773. The molecule has 0 aromatic carbocycles. The van der Waals surface area contributed by atoms with Crippen molar-refractivity contribution in [3.8, 4) is 0 Å². The Morgan fingerprint density at radius 1 is 1.46 bits per heavy atom. The lowest BCUT2D eigenvalue weighted by Crippen LogP contribution is -2.16. The van der Waals surface area contributed by atoms with Gasteiger partial charge < -0.3 is 5.73 Å². The molecule has 0 radical (unpaired) electrons. The molecule has 0 aliphatic carbocycles. The molecule has 0 fully saturated rings. The third-order valence-electron chi connectivity index (χ3n) is 2.44. The standard InChI is InChI=1S/C11H18N2/c1-4-6-11(2,3)9-5-7-13-10(12)8-9/h5,7-8H,4,6H2,1-3H3,(H2,12,13). The number of anilines is 1. The summed E-state index contributed by atoms with van der Waals surface area (Å²) in [5.41, 5.74) is 7.13. The Kier molecular flexibility index (Phi) is 2.91. The molecular formula is C11H18N2. The summed E-state index contributed by atoms with van der Waals surface area (Å²) in [6.45, 7) is 6.68. The van der Waals surface area contributed by atoms with E-state index in [1.807, 2.05) is 12.1 Å². The predicted molar refractivity (Wildman–Crippen MR) is 56.6 cm³/mol. The lowest BCUT2D eigenvalue weighted by molar-refractivity contribution is 0.473. The van der Waals surface area contributed by atoms with E-state index >= 15 is 0 Å². The van der Waals surface area contributed by atoms with Crippen LogP contribution in [0, 0.1) is 0 Å². The van der Waals surface area contributed by atoms with Crippen molar-refractivity contribution in [2.24, 2.45) is 0 Å². The first kappa shape index (κ1) is 10.0.